The average Bonchev–Trinajstić information content (AvgIpc) is 1.00. The van der Waals surface area contributed by atoms with Crippen LogP contribution < -0.4 is 0 Å². The van der Waals surface area contributed by atoms with Crippen LogP contribution in [0.2, 0.25) is 0 Å². The molecule has 0 fully saturated rings. The quantitative estimate of drug-likeness (QED) is 0.391. The first kappa shape index (κ1) is 17.4. The van der Waals surface area contributed by atoms with Crippen LogP contribution in [-0.2, 0) is 40.8 Å². The Morgan fingerprint density at radius 1 is 1.25 bits per heavy atom. The number of rotatable bonds is 0. The van der Waals surface area contributed by atoms with Gasteiger partial charge in [0.2, 0.25) is 0 Å². The normalized spacial score (nSPS) is 0.750. The van der Waals surface area contributed by atoms with Crippen molar-refractivity contribution in [2.24, 2.45) is 0 Å². The third kappa shape index (κ3) is 9.45. The van der Waals surface area contributed by atoms with Gasteiger partial charge >= 0.3 is 42.6 Å². The van der Waals surface area contributed by atoms with Crippen molar-refractivity contribution < 1.29 is 40.8 Å². The van der Waals surface area contributed by atoms with E-state index in [4.69, 9.17) is 3.32 Å². The van der Waals surface area contributed by atoms with Gasteiger partial charge in [-0.15, -0.1) is 0 Å². The molecule has 0 aliphatic rings. The van der Waals surface area contributed by atoms with E-state index in [2.05, 4.69) is 0 Å². The Hall–Kier alpha value is 1.63. The third-order valence-corrected chi connectivity index (χ3v) is 0. The van der Waals surface area contributed by atoms with E-state index in [1.165, 1.54) is 0 Å². The summed E-state index contributed by atoms with van der Waals surface area (Å²) in [6.07, 6.45) is 0. The molecular formula is HFeLiOTi. The van der Waals surface area contributed by atoms with Crippen LogP contribution in [0.15, 0.2) is 0 Å². The first-order valence-electron chi connectivity index (χ1n) is 0.204. The first-order valence-corrected chi connectivity index (χ1v) is 0.842. The van der Waals surface area contributed by atoms with Gasteiger partial charge in [-0.2, -0.15) is 0 Å². The summed E-state index contributed by atoms with van der Waals surface area (Å²) in [5.41, 5.74) is 0. The molecule has 0 aliphatic carbocycles. The Morgan fingerprint density at radius 3 is 1.25 bits per heavy atom. The van der Waals surface area contributed by atoms with Crippen molar-refractivity contribution in [1.29, 1.82) is 0 Å². The topological polar surface area (TPSA) is 17.1 Å². The Labute approximate surface area is 59.3 Å². The second-order valence-corrected chi connectivity index (χ2v) is 0. The molecule has 0 saturated carbocycles. The summed E-state index contributed by atoms with van der Waals surface area (Å²) < 4.78 is 8.25. The minimum absolute atomic E-state index is 0. The fraction of sp³-hybridized carbons (Fsp3) is 0. The van der Waals surface area contributed by atoms with Crippen LogP contribution in [0.1, 0.15) is 0 Å². The van der Waals surface area contributed by atoms with Crippen molar-refractivity contribution in [3.8, 4) is 0 Å². The van der Waals surface area contributed by atoms with Crippen LogP contribution >= 0.6 is 0 Å². The van der Waals surface area contributed by atoms with Crippen LogP contribution in [0, 0.1) is 0 Å². The summed E-state index contributed by atoms with van der Waals surface area (Å²) >= 11 is 0.750. The predicted octanol–water partition coefficient (Wildman–Crippen LogP) is -0.772. The standard InChI is InChI=1S/Fe.Li.O.Ti.H. The van der Waals surface area contributed by atoms with Gasteiger partial charge in [0.05, 0.1) is 0 Å². The summed E-state index contributed by atoms with van der Waals surface area (Å²) in [5.74, 6) is 0. The molecule has 0 N–H and O–H groups in total. The number of hydrogen-bond donors (Lipinski definition) is 0. The fourth-order valence-corrected chi connectivity index (χ4v) is 0. The minimum atomic E-state index is 0. The van der Waals surface area contributed by atoms with Crippen LogP contribution in [0.5, 0.6) is 0 Å². The second kappa shape index (κ2) is 23.0. The summed E-state index contributed by atoms with van der Waals surface area (Å²) in [4.78, 5) is 0. The maximum atomic E-state index is 8.25. The molecule has 0 heterocycles. The summed E-state index contributed by atoms with van der Waals surface area (Å²) in [5, 5.41) is 0. The van der Waals surface area contributed by atoms with Crippen molar-refractivity contribution in [2.45, 2.75) is 0 Å². The molecule has 0 aromatic rings. The fourth-order valence-electron chi connectivity index (χ4n) is 0. The van der Waals surface area contributed by atoms with E-state index in [-0.39, 0.29) is 35.9 Å². The molecule has 0 amide bonds. The van der Waals surface area contributed by atoms with Gasteiger partial charge in [0.25, 0.3) is 0 Å². The molecule has 0 aromatic carbocycles. The van der Waals surface area contributed by atoms with Gasteiger partial charge < -0.3 is 0 Å². The van der Waals surface area contributed by atoms with Gasteiger partial charge in [0.1, 0.15) is 0 Å². The second-order valence-electron chi connectivity index (χ2n) is 0. The van der Waals surface area contributed by atoms with E-state index in [9.17, 15) is 0 Å². The van der Waals surface area contributed by atoms with Gasteiger partial charge in [-0.1, -0.05) is 0 Å². The van der Waals surface area contributed by atoms with Crippen LogP contribution in [0.3, 0.4) is 0 Å². The van der Waals surface area contributed by atoms with Gasteiger partial charge in [0, 0.05) is 17.1 Å². The first-order chi connectivity index (χ1) is 1.00. The summed E-state index contributed by atoms with van der Waals surface area (Å²) in [6, 6.07) is 0. The van der Waals surface area contributed by atoms with Crippen LogP contribution in [-0.4, -0.2) is 18.9 Å². The molecule has 0 radical (unpaired) electrons. The molecule has 0 atom stereocenters. The molecule has 0 aliphatic heterocycles. The summed E-state index contributed by atoms with van der Waals surface area (Å²) in [6.45, 7) is 0. The molecule has 1 nitrogen and oxygen atoms in total. The SMILES string of the molecule is [Fe].[LiH].[O]=[Ti]. The Bertz CT molecular complexity index is 8.00. The summed E-state index contributed by atoms with van der Waals surface area (Å²) in [7, 11) is 0. The van der Waals surface area contributed by atoms with E-state index in [1.54, 1.807) is 0 Å². The zero-order valence-corrected chi connectivity index (χ0v) is 3.93. The molecule has 0 aromatic heterocycles. The van der Waals surface area contributed by atoms with E-state index >= 15 is 0 Å². The van der Waals surface area contributed by atoms with Gasteiger partial charge in [0.15, 0.2) is 0 Å². The van der Waals surface area contributed by atoms with Crippen LogP contribution in [0.25, 0.3) is 0 Å². The predicted molar refractivity (Wildman–Crippen MR) is 7.84 cm³/mol. The van der Waals surface area contributed by atoms with Gasteiger partial charge in [-0.25, -0.2) is 0 Å². The van der Waals surface area contributed by atoms with Crippen molar-refractivity contribution in [3.63, 3.8) is 0 Å². The molecule has 20 valence electrons. The van der Waals surface area contributed by atoms with Crippen molar-refractivity contribution >= 4 is 18.9 Å². The number of hydrogen-bond acceptors (Lipinski definition) is 1. The van der Waals surface area contributed by atoms with Crippen molar-refractivity contribution in [1.82, 2.24) is 0 Å². The zero-order chi connectivity index (χ0) is 2.00. The molecule has 4 heteroatoms. The molecule has 0 spiro atoms. The molecule has 0 saturated heterocycles. The van der Waals surface area contributed by atoms with Crippen molar-refractivity contribution in [2.75, 3.05) is 0 Å². The van der Waals surface area contributed by atoms with E-state index < -0.39 is 0 Å². The molecule has 0 unspecified atom stereocenters. The zero-order valence-electron chi connectivity index (χ0n) is 1.26. The Kier molecular flexibility index (Phi) is 100. The van der Waals surface area contributed by atoms with Crippen molar-refractivity contribution in [3.05, 3.63) is 0 Å². The van der Waals surface area contributed by atoms with Crippen LogP contribution in [0.4, 0.5) is 0 Å². The van der Waals surface area contributed by atoms with Gasteiger partial charge in [-0.3, -0.25) is 0 Å². The Morgan fingerprint density at radius 2 is 1.25 bits per heavy atom. The average molecular weight is 128 g/mol. The van der Waals surface area contributed by atoms with E-state index in [1.807, 2.05) is 0 Å². The molecule has 0 bridgehead atoms. The molecule has 0 rings (SSSR count). The van der Waals surface area contributed by atoms with Gasteiger partial charge in [-0.05, 0) is 0 Å². The van der Waals surface area contributed by atoms with E-state index in [0.717, 1.165) is 20.4 Å². The molecular weight excluding hydrogens is 127 g/mol. The monoisotopic (exact) mass is 128 g/mol. The Balaban J connectivity index is -0.00000000500. The third-order valence-electron chi connectivity index (χ3n) is 0. The van der Waals surface area contributed by atoms with E-state index in [0.29, 0.717) is 0 Å². The maximum absolute atomic E-state index is 8.25. The molecule has 4 heavy (non-hydrogen) atoms.